The molecule has 20 heavy (non-hydrogen) atoms. The van der Waals surface area contributed by atoms with Crippen LogP contribution in [0, 0.1) is 16.0 Å². The first kappa shape index (κ1) is 15.3. The Labute approximate surface area is 127 Å². The monoisotopic (exact) mass is 341 g/mol. The Bertz CT molecular complexity index is 493. The van der Waals surface area contributed by atoms with E-state index in [0.29, 0.717) is 17.6 Å². The average Bonchev–Trinajstić information content (AvgIpc) is 2.85. The molecule has 1 atom stereocenters. The van der Waals surface area contributed by atoms with E-state index in [4.69, 9.17) is 0 Å². The summed E-state index contributed by atoms with van der Waals surface area (Å²) >= 11 is 3.36. The lowest BCUT2D eigenvalue weighted by atomic mass is 10.1. The average molecular weight is 342 g/mol. The van der Waals surface area contributed by atoms with Gasteiger partial charge in [-0.1, -0.05) is 15.9 Å². The van der Waals surface area contributed by atoms with Gasteiger partial charge in [-0.2, -0.15) is 0 Å². The molecule has 1 aromatic rings. The van der Waals surface area contributed by atoms with E-state index in [1.54, 1.807) is 12.1 Å². The summed E-state index contributed by atoms with van der Waals surface area (Å²) in [6, 6.07) is 5.56. The molecule has 1 aromatic carbocycles. The molecule has 0 amide bonds. The number of hydrogen-bond acceptors (Lipinski definition) is 4. The van der Waals surface area contributed by atoms with Crippen LogP contribution in [0.15, 0.2) is 22.7 Å². The van der Waals surface area contributed by atoms with Crippen molar-refractivity contribution in [2.24, 2.45) is 5.92 Å². The van der Waals surface area contributed by atoms with Crippen LogP contribution in [0.3, 0.4) is 0 Å². The van der Waals surface area contributed by atoms with Crippen LogP contribution in [-0.2, 0) is 0 Å². The molecule has 2 rings (SSSR count). The van der Waals surface area contributed by atoms with Gasteiger partial charge >= 0.3 is 0 Å². The molecule has 1 saturated heterocycles. The van der Waals surface area contributed by atoms with E-state index in [2.05, 4.69) is 40.0 Å². The highest BCUT2D eigenvalue weighted by Gasteiger charge is 2.24. The molecule has 0 aromatic heterocycles. The Kier molecular flexibility index (Phi) is 4.99. The predicted octanol–water partition coefficient (Wildman–Crippen LogP) is 3.50. The first-order chi connectivity index (χ1) is 9.47. The normalized spacial score (nSPS) is 19.5. The Balaban J connectivity index is 1.98. The molecule has 0 aliphatic carbocycles. The van der Waals surface area contributed by atoms with Crippen molar-refractivity contribution in [1.82, 2.24) is 4.90 Å². The van der Waals surface area contributed by atoms with Gasteiger partial charge in [0.05, 0.1) is 4.92 Å². The summed E-state index contributed by atoms with van der Waals surface area (Å²) in [5.41, 5.74) is 0.722. The van der Waals surface area contributed by atoms with Gasteiger partial charge in [-0.3, -0.25) is 10.1 Å². The smallest absolute Gasteiger partial charge is 0.292 e. The first-order valence-electron chi connectivity index (χ1n) is 6.89. The number of hydrogen-bond donors (Lipinski definition) is 1. The molecule has 1 N–H and O–H groups in total. The summed E-state index contributed by atoms with van der Waals surface area (Å²) in [5, 5.41) is 14.3. The van der Waals surface area contributed by atoms with Crippen molar-refractivity contribution in [3.8, 4) is 0 Å². The highest BCUT2D eigenvalue weighted by Crippen LogP contribution is 2.28. The molecule has 1 aliphatic heterocycles. The number of likely N-dealkylation sites (tertiary alicyclic amines) is 1. The molecule has 6 heteroatoms. The number of rotatable bonds is 5. The quantitative estimate of drug-likeness (QED) is 0.657. The second kappa shape index (κ2) is 6.54. The van der Waals surface area contributed by atoms with Crippen molar-refractivity contribution in [3.63, 3.8) is 0 Å². The van der Waals surface area contributed by atoms with E-state index in [-0.39, 0.29) is 10.6 Å². The highest BCUT2D eigenvalue weighted by molar-refractivity contribution is 9.10. The zero-order valence-electron chi connectivity index (χ0n) is 11.8. The zero-order chi connectivity index (χ0) is 14.7. The third kappa shape index (κ3) is 3.70. The van der Waals surface area contributed by atoms with Crippen LogP contribution in [0.1, 0.15) is 20.3 Å². The number of nitrogens with zero attached hydrogens (tertiary/aromatic N) is 2. The molecule has 1 aliphatic rings. The van der Waals surface area contributed by atoms with E-state index in [1.807, 2.05) is 0 Å². The standard InChI is InChI=1S/C14H20BrN3O2/c1-10(2)17-6-5-11(9-17)8-16-13-7-12(15)3-4-14(13)18(19)20/h3-4,7,10-11,16H,5-6,8-9H2,1-2H3. The first-order valence-corrected chi connectivity index (χ1v) is 7.68. The minimum absolute atomic E-state index is 0.131. The van der Waals surface area contributed by atoms with E-state index in [9.17, 15) is 10.1 Å². The minimum atomic E-state index is -0.343. The van der Waals surface area contributed by atoms with Gasteiger partial charge in [-0.15, -0.1) is 0 Å². The summed E-state index contributed by atoms with van der Waals surface area (Å²) in [5.74, 6) is 0.552. The number of benzene rings is 1. The van der Waals surface area contributed by atoms with Crippen LogP contribution in [0.25, 0.3) is 0 Å². The second-order valence-electron chi connectivity index (χ2n) is 5.54. The van der Waals surface area contributed by atoms with Crippen molar-refractivity contribution in [2.45, 2.75) is 26.3 Å². The van der Waals surface area contributed by atoms with Gasteiger partial charge in [-0.05, 0) is 44.9 Å². The maximum atomic E-state index is 11.0. The lowest BCUT2D eigenvalue weighted by Gasteiger charge is -2.20. The number of anilines is 1. The largest absolute Gasteiger partial charge is 0.379 e. The van der Waals surface area contributed by atoms with E-state index in [1.165, 1.54) is 6.07 Å². The third-order valence-corrected chi connectivity index (χ3v) is 4.28. The van der Waals surface area contributed by atoms with Gasteiger partial charge in [0.2, 0.25) is 0 Å². The van der Waals surface area contributed by atoms with E-state index >= 15 is 0 Å². The lowest BCUT2D eigenvalue weighted by molar-refractivity contribution is -0.384. The van der Waals surface area contributed by atoms with Crippen LogP contribution >= 0.6 is 15.9 Å². The maximum Gasteiger partial charge on any atom is 0.292 e. The summed E-state index contributed by atoms with van der Waals surface area (Å²) in [4.78, 5) is 13.1. The van der Waals surface area contributed by atoms with Crippen LogP contribution in [0.4, 0.5) is 11.4 Å². The molecular formula is C14H20BrN3O2. The fourth-order valence-electron chi connectivity index (χ4n) is 2.56. The van der Waals surface area contributed by atoms with Crippen LogP contribution < -0.4 is 5.32 Å². The number of nitro benzene ring substituents is 1. The SMILES string of the molecule is CC(C)N1CCC(CNc2cc(Br)ccc2[N+](=O)[O-])C1. The molecule has 1 heterocycles. The number of nitrogens with one attached hydrogen (secondary N) is 1. The van der Waals surface area contributed by atoms with E-state index < -0.39 is 0 Å². The van der Waals surface area contributed by atoms with E-state index in [0.717, 1.165) is 30.5 Å². The van der Waals surface area contributed by atoms with Gasteiger partial charge in [-0.25, -0.2) is 0 Å². The molecule has 0 radical (unpaired) electrons. The molecular weight excluding hydrogens is 322 g/mol. The van der Waals surface area contributed by atoms with Crippen molar-refractivity contribution in [2.75, 3.05) is 25.0 Å². The lowest BCUT2D eigenvalue weighted by Crippen LogP contribution is -2.29. The molecule has 0 saturated carbocycles. The summed E-state index contributed by atoms with van der Waals surface area (Å²) in [6.07, 6.45) is 1.15. The summed E-state index contributed by atoms with van der Waals surface area (Å²) in [6.45, 7) is 7.36. The Morgan fingerprint density at radius 2 is 2.30 bits per heavy atom. The topological polar surface area (TPSA) is 58.4 Å². The second-order valence-corrected chi connectivity index (χ2v) is 6.46. The van der Waals surface area contributed by atoms with Gasteiger partial charge in [0.15, 0.2) is 0 Å². The van der Waals surface area contributed by atoms with Crippen molar-refractivity contribution >= 4 is 27.3 Å². The number of halogens is 1. The number of nitro groups is 1. The van der Waals surface area contributed by atoms with Gasteiger partial charge in [0.25, 0.3) is 5.69 Å². The summed E-state index contributed by atoms with van der Waals surface area (Å²) in [7, 11) is 0. The van der Waals surface area contributed by atoms with Crippen molar-refractivity contribution in [1.29, 1.82) is 0 Å². The van der Waals surface area contributed by atoms with Gasteiger partial charge < -0.3 is 10.2 Å². The van der Waals surface area contributed by atoms with Crippen LogP contribution in [-0.4, -0.2) is 35.5 Å². The fourth-order valence-corrected chi connectivity index (χ4v) is 2.92. The molecule has 0 bridgehead atoms. The molecule has 1 fully saturated rings. The van der Waals surface area contributed by atoms with Crippen LogP contribution in [0.5, 0.6) is 0 Å². The van der Waals surface area contributed by atoms with Gasteiger partial charge in [0, 0.05) is 29.7 Å². The Hall–Kier alpha value is -1.14. The molecule has 1 unspecified atom stereocenters. The molecule has 5 nitrogen and oxygen atoms in total. The molecule has 110 valence electrons. The minimum Gasteiger partial charge on any atom is -0.379 e. The predicted molar refractivity (Wildman–Crippen MR) is 84.1 cm³/mol. The van der Waals surface area contributed by atoms with Gasteiger partial charge in [0.1, 0.15) is 5.69 Å². The Morgan fingerprint density at radius 1 is 1.55 bits per heavy atom. The summed E-state index contributed by atoms with van der Waals surface area (Å²) < 4.78 is 0.848. The Morgan fingerprint density at radius 3 is 2.90 bits per heavy atom. The van der Waals surface area contributed by atoms with Crippen molar-refractivity contribution in [3.05, 3.63) is 32.8 Å². The molecule has 0 spiro atoms. The highest BCUT2D eigenvalue weighted by atomic mass is 79.9. The fraction of sp³-hybridized carbons (Fsp3) is 0.571. The van der Waals surface area contributed by atoms with Crippen molar-refractivity contribution < 1.29 is 4.92 Å². The zero-order valence-corrected chi connectivity index (χ0v) is 13.4. The third-order valence-electron chi connectivity index (χ3n) is 3.78. The van der Waals surface area contributed by atoms with Crippen LogP contribution in [0.2, 0.25) is 0 Å². The maximum absolute atomic E-state index is 11.0.